The topological polar surface area (TPSA) is 12.0 Å². The number of aryl methyl sites for hydroxylation is 1. The number of benzene rings is 1. The molecule has 0 aliphatic heterocycles. The minimum Gasteiger partial charge on any atom is -0.313 e. The summed E-state index contributed by atoms with van der Waals surface area (Å²) < 4.78 is 2.55. The van der Waals surface area contributed by atoms with Crippen LogP contribution in [0.2, 0.25) is 0 Å². The van der Waals surface area contributed by atoms with Crippen molar-refractivity contribution in [3.8, 4) is 0 Å². The molecular weight excluding hydrogens is 270 g/mol. The van der Waals surface area contributed by atoms with Gasteiger partial charge in [0.25, 0.3) is 0 Å². The van der Waals surface area contributed by atoms with E-state index in [-0.39, 0.29) is 0 Å². The molecular formula is C12H14BrNS. The summed E-state index contributed by atoms with van der Waals surface area (Å²) in [4.78, 5) is 1.43. The van der Waals surface area contributed by atoms with Gasteiger partial charge in [-0.1, -0.05) is 12.1 Å². The largest absolute Gasteiger partial charge is 0.313 e. The summed E-state index contributed by atoms with van der Waals surface area (Å²) in [6.07, 6.45) is 0. The van der Waals surface area contributed by atoms with Crippen molar-refractivity contribution < 1.29 is 0 Å². The number of hydrogen-bond acceptors (Lipinski definition) is 2. The summed E-state index contributed by atoms with van der Waals surface area (Å²) in [6.45, 7) is 4.40. The maximum Gasteiger partial charge on any atom is 0.0491 e. The van der Waals surface area contributed by atoms with E-state index in [1.807, 2.05) is 18.4 Å². The van der Waals surface area contributed by atoms with Crippen molar-refractivity contribution in [2.45, 2.75) is 19.9 Å². The summed E-state index contributed by atoms with van der Waals surface area (Å²) in [5.41, 5.74) is 1.40. The predicted molar refractivity (Wildman–Crippen MR) is 71.7 cm³/mol. The van der Waals surface area contributed by atoms with Crippen molar-refractivity contribution in [2.75, 3.05) is 7.05 Å². The van der Waals surface area contributed by atoms with Gasteiger partial charge in [-0.05, 0) is 53.8 Å². The molecule has 1 heterocycles. The zero-order valence-corrected chi connectivity index (χ0v) is 11.5. The van der Waals surface area contributed by atoms with Crippen LogP contribution < -0.4 is 5.32 Å². The first kappa shape index (κ1) is 11.1. The normalized spacial score (nSPS) is 13.3. The minimum absolute atomic E-state index is 0.425. The molecule has 1 N–H and O–H groups in total. The van der Waals surface area contributed by atoms with Crippen LogP contribution in [0, 0.1) is 6.92 Å². The van der Waals surface area contributed by atoms with Crippen molar-refractivity contribution in [3.05, 3.63) is 33.1 Å². The first-order valence-corrected chi connectivity index (χ1v) is 6.61. The lowest BCUT2D eigenvalue weighted by Crippen LogP contribution is -2.11. The molecule has 0 spiro atoms. The molecule has 1 aromatic heterocycles. The maximum absolute atomic E-state index is 3.61. The Morgan fingerprint density at radius 3 is 2.73 bits per heavy atom. The number of thiophene rings is 1. The molecule has 2 aromatic rings. The fraction of sp³-hybridized carbons (Fsp3) is 0.333. The highest BCUT2D eigenvalue weighted by Crippen LogP contribution is 2.38. The van der Waals surface area contributed by atoms with Crippen molar-refractivity contribution in [1.29, 1.82) is 0 Å². The highest BCUT2D eigenvalue weighted by molar-refractivity contribution is 9.10. The van der Waals surface area contributed by atoms with E-state index in [1.165, 1.54) is 25.0 Å². The standard InChI is InChI=1S/C12H14BrNS/c1-7-9-5-4-6-10(13)12(9)15-11(7)8(2)14-3/h4-6,8,14H,1-3H3. The summed E-state index contributed by atoms with van der Waals surface area (Å²) in [7, 11) is 2.00. The average molecular weight is 284 g/mol. The van der Waals surface area contributed by atoms with Crippen molar-refractivity contribution in [2.24, 2.45) is 0 Å². The average Bonchev–Trinajstić information content (AvgIpc) is 2.57. The molecule has 1 unspecified atom stereocenters. The first-order valence-electron chi connectivity index (χ1n) is 5.00. The van der Waals surface area contributed by atoms with Gasteiger partial charge in [-0.3, -0.25) is 0 Å². The molecule has 1 aromatic carbocycles. The molecule has 0 radical (unpaired) electrons. The van der Waals surface area contributed by atoms with Gasteiger partial charge in [0.15, 0.2) is 0 Å². The Bertz CT molecular complexity index is 490. The van der Waals surface area contributed by atoms with Gasteiger partial charge in [0.05, 0.1) is 0 Å². The fourth-order valence-electron chi connectivity index (χ4n) is 1.77. The van der Waals surface area contributed by atoms with Crippen LogP contribution in [-0.2, 0) is 0 Å². The lowest BCUT2D eigenvalue weighted by molar-refractivity contribution is 0.661. The zero-order valence-electron chi connectivity index (χ0n) is 9.10. The molecule has 0 fully saturated rings. The first-order chi connectivity index (χ1) is 7.15. The SMILES string of the molecule is CNC(C)c1sc2c(Br)cccc2c1C. The van der Waals surface area contributed by atoms with E-state index in [0.29, 0.717) is 6.04 Å². The molecule has 1 nitrogen and oxygen atoms in total. The molecule has 15 heavy (non-hydrogen) atoms. The number of fused-ring (bicyclic) bond motifs is 1. The Morgan fingerprint density at radius 1 is 1.40 bits per heavy atom. The molecule has 0 aliphatic rings. The molecule has 1 atom stereocenters. The molecule has 0 amide bonds. The van der Waals surface area contributed by atoms with Crippen molar-refractivity contribution >= 4 is 37.4 Å². The number of hydrogen-bond donors (Lipinski definition) is 1. The van der Waals surface area contributed by atoms with E-state index < -0.39 is 0 Å². The number of nitrogens with one attached hydrogen (secondary N) is 1. The van der Waals surface area contributed by atoms with E-state index in [0.717, 1.165) is 0 Å². The van der Waals surface area contributed by atoms with E-state index in [4.69, 9.17) is 0 Å². The minimum atomic E-state index is 0.425. The third kappa shape index (κ3) is 1.84. The van der Waals surface area contributed by atoms with Crippen molar-refractivity contribution in [3.63, 3.8) is 0 Å². The van der Waals surface area contributed by atoms with E-state index in [9.17, 15) is 0 Å². The van der Waals surface area contributed by atoms with Gasteiger partial charge in [-0.15, -0.1) is 11.3 Å². The van der Waals surface area contributed by atoms with Crippen LogP contribution in [0.1, 0.15) is 23.4 Å². The van der Waals surface area contributed by atoms with E-state index >= 15 is 0 Å². The van der Waals surface area contributed by atoms with Crippen LogP contribution in [0.5, 0.6) is 0 Å². The van der Waals surface area contributed by atoms with E-state index in [1.54, 1.807) is 0 Å². The van der Waals surface area contributed by atoms with Crippen LogP contribution in [0.4, 0.5) is 0 Å². The lowest BCUT2D eigenvalue weighted by atomic mass is 10.1. The van der Waals surface area contributed by atoms with Gasteiger partial charge in [0.1, 0.15) is 0 Å². The smallest absolute Gasteiger partial charge is 0.0491 e. The number of halogens is 1. The number of rotatable bonds is 2. The summed E-state index contributed by atoms with van der Waals surface area (Å²) in [5.74, 6) is 0. The third-order valence-electron chi connectivity index (χ3n) is 2.78. The maximum atomic E-state index is 3.61. The quantitative estimate of drug-likeness (QED) is 0.869. The molecule has 0 saturated heterocycles. The molecule has 2 rings (SSSR count). The zero-order chi connectivity index (χ0) is 11.0. The Morgan fingerprint density at radius 2 is 2.13 bits per heavy atom. The van der Waals surface area contributed by atoms with Gasteiger partial charge < -0.3 is 5.32 Å². The molecule has 0 aliphatic carbocycles. The Kier molecular flexibility index (Phi) is 3.14. The highest BCUT2D eigenvalue weighted by atomic mass is 79.9. The van der Waals surface area contributed by atoms with Gasteiger partial charge in [0.2, 0.25) is 0 Å². The lowest BCUT2D eigenvalue weighted by Gasteiger charge is -2.08. The van der Waals surface area contributed by atoms with Gasteiger partial charge >= 0.3 is 0 Å². The van der Waals surface area contributed by atoms with Crippen LogP contribution >= 0.6 is 27.3 Å². The molecule has 80 valence electrons. The Labute approximate surface area is 103 Å². The second-order valence-electron chi connectivity index (χ2n) is 3.72. The highest BCUT2D eigenvalue weighted by Gasteiger charge is 2.14. The Hall–Kier alpha value is -0.380. The van der Waals surface area contributed by atoms with E-state index in [2.05, 4.69) is 53.3 Å². The second kappa shape index (κ2) is 4.24. The van der Waals surface area contributed by atoms with Crippen LogP contribution in [0.25, 0.3) is 10.1 Å². The van der Waals surface area contributed by atoms with Gasteiger partial charge in [-0.2, -0.15) is 0 Å². The molecule has 3 heteroatoms. The Balaban J connectivity index is 2.69. The van der Waals surface area contributed by atoms with Crippen LogP contribution in [0.3, 0.4) is 0 Å². The van der Waals surface area contributed by atoms with Gasteiger partial charge in [0, 0.05) is 20.1 Å². The van der Waals surface area contributed by atoms with Crippen LogP contribution in [0.15, 0.2) is 22.7 Å². The van der Waals surface area contributed by atoms with Crippen molar-refractivity contribution in [1.82, 2.24) is 5.32 Å². The second-order valence-corrected chi connectivity index (χ2v) is 5.62. The molecule has 0 saturated carbocycles. The third-order valence-corrected chi connectivity index (χ3v) is 5.23. The van der Waals surface area contributed by atoms with Gasteiger partial charge in [-0.25, -0.2) is 0 Å². The predicted octanol–water partition coefficient (Wildman–Crippen LogP) is 4.25. The fourth-order valence-corrected chi connectivity index (χ4v) is 3.65. The monoisotopic (exact) mass is 283 g/mol. The summed E-state index contributed by atoms with van der Waals surface area (Å²) in [6, 6.07) is 6.82. The summed E-state index contributed by atoms with van der Waals surface area (Å²) >= 11 is 5.48. The summed E-state index contributed by atoms with van der Waals surface area (Å²) in [5, 5.41) is 4.66. The molecule has 0 bridgehead atoms. The van der Waals surface area contributed by atoms with Crippen LogP contribution in [-0.4, -0.2) is 7.05 Å².